The Morgan fingerprint density at radius 1 is 1.33 bits per heavy atom. The number of aromatic nitrogens is 2. The number of rotatable bonds is 5. The Balaban J connectivity index is 2.06. The van der Waals surface area contributed by atoms with Gasteiger partial charge in [-0.05, 0) is 36.8 Å². The van der Waals surface area contributed by atoms with Crippen LogP contribution >= 0.6 is 15.9 Å². The van der Waals surface area contributed by atoms with Crippen molar-refractivity contribution in [1.82, 2.24) is 15.5 Å². The normalized spacial score (nSPS) is 10.0. The van der Waals surface area contributed by atoms with Crippen molar-refractivity contribution in [2.75, 3.05) is 11.9 Å². The third-order valence-corrected chi connectivity index (χ3v) is 3.60. The number of nitrogens with one attached hydrogen (secondary N) is 2. The third kappa shape index (κ3) is 4.13. The molecule has 0 aliphatic heterocycles. The minimum Gasteiger partial charge on any atom is -0.347 e. The zero-order valence-electron chi connectivity index (χ0n) is 11.6. The largest absolute Gasteiger partial charge is 0.347 e. The van der Waals surface area contributed by atoms with E-state index in [0.717, 1.165) is 15.7 Å². The predicted molar refractivity (Wildman–Crippen MR) is 86.7 cm³/mol. The van der Waals surface area contributed by atoms with Crippen LogP contribution in [0.15, 0.2) is 47.5 Å². The fourth-order valence-electron chi connectivity index (χ4n) is 1.59. The highest BCUT2D eigenvalue weighted by molar-refractivity contribution is 9.10. The molecule has 0 fully saturated rings. The second-order valence-corrected chi connectivity index (χ2v) is 5.25. The molecule has 0 saturated heterocycles. The highest BCUT2D eigenvalue weighted by Crippen LogP contribution is 2.22. The first kappa shape index (κ1) is 15.2. The Kier molecular flexibility index (Phi) is 5.05. The average Bonchev–Trinajstić information content (AvgIpc) is 2.49. The van der Waals surface area contributed by atoms with Gasteiger partial charge >= 0.3 is 0 Å². The maximum absolute atomic E-state index is 11.7. The SMILES string of the molecule is C=CCNC(=O)c1ccc(Nc2ccc(C)c(Br)c2)nn1. The summed E-state index contributed by atoms with van der Waals surface area (Å²) < 4.78 is 1.01. The lowest BCUT2D eigenvalue weighted by molar-refractivity contribution is 0.0952. The van der Waals surface area contributed by atoms with Crippen molar-refractivity contribution < 1.29 is 4.79 Å². The Morgan fingerprint density at radius 2 is 2.14 bits per heavy atom. The highest BCUT2D eigenvalue weighted by Gasteiger charge is 2.07. The molecule has 0 bridgehead atoms. The van der Waals surface area contributed by atoms with E-state index in [4.69, 9.17) is 0 Å². The van der Waals surface area contributed by atoms with Crippen molar-refractivity contribution >= 4 is 33.3 Å². The zero-order chi connectivity index (χ0) is 15.2. The van der Waals surface area contributed by atoms with Gasteiger partial charge in [-0.3, -0.25) is 4.79 Å². The maximum Gasteiger partial charge on any atom is 0.272 e. The number of hydrogen-bond acceptors (Lipinski definition) is 4. The van der Waals surface area contributed by atoms with E-state index in [9.17, 15) is 4.79 Å². The number of benzene rings is 1. The number of anilines is 2. The number of halogens is 1. The summed E-state index contributed by atoms with van der Waals surface area (Å²) in [6.07, 6.45) is 1.61. The molecule has 1 aromatic carbocycles. The fourth-order valence-corrected chi connectivity index (χ4v) is 1.97. The number of carbonyl (C=O) groups excluding carboxylic acids is 1. The second-order valence-electron chi connectivity index (χ2n) is 4.39. The summed E-state index contributed by atoms with van der Waals surface area (Å²) in [6, 6.07) is 9.24. The van der Waals surface area contributed by atoms with Crippen LogP contribution < -0.4 is 10.6 Å². The van der Waals surface area contributed by atoms with Crippen molar-refractivity contribution in [3.63, 3.8) is 0 Å². The van der Waals surface area contributed by atoms with E-state index in [1.807, 2.05) is 25.1 Å². The van der Waals surface area contributed by atoms with Gasteiger partial charge in [-0.1, -0.05) is 28.1 Å². The van der Waals surface area contributed by atoms with E-state index < -0.39 is 0 Å². The van der Waals surface area contributed by atoms with Gasteiger partial charge in [0, 0.05) is 16.7 Å². The van der Waals surface area contributed by atoms with Gasteiger partial charge in [-0.25, -0.2) is 0 Å². The van der Waals surface area contributed by atoms with Crippen LogP contribution in [0.1, 0.15) is 16.1 Å². The molecule has 0 saturated carbocycles. The minimum absolute atomic E-state index is 0.271. The molecule has 1 amide bonds. The minimum atomic E-state index is -0.271. The number of amides is 1. The molecule has 5 nitrogen and oxygen atoms in total. The molecule has 2 aromatic rings. The fraction of sp³-hybridized carbons (Fsp3) is 0.133. The molecule has 6 heteroatoms. The molecule has 1 heterocycles. The third-order valence-electron chi connectivity index (χ3n) is 2.75. The summed E-state index contributed by atoms with van der Waals surface area (Å²) in [5, 5.41) is 13.7. The van der Waals surface area contributed by atoms with Crippen LogP contribution in [0.25, 0.3) is 0 Å². The second kappa shape index (κ2) is 6.99. The van der Waals surface area contributed by atoms with Gasteiger partial charge in [-0.15, -0.1) is 16.8 Å². The number of aryl methyl sites for hydroxylation is 1. The van der Waals surface area contributed by atoms with E-state index in [2.05, 4.69) is 43.3 Å². The Bertz CT molecular complexity index is 655. The molecule has 0 aliphatic rings. The van der Waals surface area contributed by atoms with Gasteiger partial charge in [0.15, 0.2) is 11.5 Å². The topological polar surface area (TPSA) is 66.9 Å². The molecule has 0 radical (unpaired) electrons. The Morgan fingerprint density at radius 3 is 2.76 bits per heavy atom. The number of hydrogen-bond donors (Lipinski definition) is 2. The van der Waals surface area contributed by atoms with E-state index in [-0.39, 0.29) is 11.6 Å². The van der Waals surface area contributed by atoms with Crippen molar-refractivity contribution in [3.05, 3.63) is 58.7 Å². The zero-order valence-corrected chi connectivity index (χ0v) is 13.1. The summed E-state index contributed by atoms with van der Waals surface area (Å²) in [6.45, 7) is 5.95. The molecule has 1 aromatic heterocycles. The first-order valence-electron chi connectivity index (χ1n) is 6.36. The summed E-state index contributed by atoms with van der Waals surface area (Å²) in [5.41, 5.74) is 2.32. The molecular formula is C15H15BrN4O. The van der Waals surface area contributed by atoms with Crippen LogP contribution in [-0.4, -0.2) is 22.6 Å². The van der Waals surface area contributed by atoms with E-state index in [0.29, 0.717) is 12.4 Å². The summed E-state index contributed by atoms with van der Waals surface area (Å²) in [4.78, 5) is 11.7. The summed E-state index contributed by atoms with van der Waals surface area (Å²) >= 11 is 3.48. The van der Waals surface area contributed by atoms with Crippen molar-refractivity contribution in [3.8, 4) is 0 Å². The van der Waals surface area contributed by atoms with E-state index in [1.54, 1.807) is 18.2 Å². The van der Waals surface area contributed by atoms with Gasteiger partial charge in [0.2, 0.25) is 0 Å². The molecule has 108 valence electrons. The van der Waals surface area contributed by atoms with Crippen LogP contribution in [0, 0.1) is 6.92 Å². The monoisotopic (exact) mass is 346 g/mol. The van der Waals surface area contributed by atoms with E-state index >= 15 is 0 Å². The number of nitrogens with zero attached hydrogens (tertiary/aromatic N) is 2. The number of carbonyl (C=O) groups is 1. The van der Waals surface area contributed by atoms with Crippen LogP contribution in [0.4, 0.5) is 11.5 Å². The smallest absolute Gasteiger partial charge is 0.272 e. The van der Waals surface area contributed by atoms with Gasteiger partial charge < -0.3 is 10.6 Å². The molecule has 0 atom stereocenters. The Labute approximate surface area is 131 Å². The van der Waals surface area contributed by atoms with E-state index in [1.165, 1.54) is 0 Å². The highest BCUT2D eigenvalue weighted by atomic mass is 79.9. The molecule has 0 spiro atoms. The standard InChI is InChI=1S/C15H15BrN4O/c1-3-8-17-15(21)13-6-7-14(20-19-13)18-11-5-4-10(2)12(16)9-11/h3-7,9H,1,8H2,2H3,(H,17,21)(H,18,20). The maximum atomic E-state index is 11.7. The molecule has 0 aliphatic carbocycles. The Hall–Kier alpha value is -2.21. The van der Waals surface area contributed by atoms with Crippen molar-refractivity contribution in [2.45, 2.75) is 6.92 Å². The van der Waals surface area contributed by atoms with Crippen LogP contribution in [0.3, 0.4) is 0 Å². The van der Waals surface area contributed by atoms with Crippen LogP contribution in [-0.2, 0) is 0 Å². The lowest BCUT2D eigenvalue weighted by Crippen LogP contribution is -2.24. The van der Waals surface area contributed by atoms with Gasteiger partial charge in [0.1, 0.15) is 0 Å². The quantitative estimate of drug-likeness (QED) is 0.815. The molecule has 0 unspecified atom stereocenters. The average molecular weight is 347 g/mol. The van der Waals surface area contributed by atoms with Gasteiger partial charge in [-0.2, -0.15) is 0 Å². The molecule has 2 rings (SSSR count). The van der Waals surface area contributed by atoms with Crippen molar-refractivity contribution in [1.29, 1.82) is 0 Å². The van der Waals surface area contributed by atoms with Crippen LogP contribution in [0.5, 0.6) is 0 Å². The predicted octanol–water partition coefficient (Wildman–Crippen LogP) is 3.21. The lowest BCUT2D eigenvalue weighted by Gasteiger charge is -2.07. The summed E-state index contributed by atoms with van der Waals surface area (Å²) in [5.74, 6) is 0.304. The van der Waals surface area contributed by atoms with Gasteiger partial charge in [0.05, 0.1) is 0 Å². The van der Waals surface area contributed by atoms with Crippen molar-refractivity contribution in [2.24, 2.45) is 0 Å². The van der Waals surface area contributed by atoms with Gasteiger partial charge in [0.25, 0.3) is 5.91 Å². The molecule has 21 heavy (non-hydrogen) atoms. The molecule has 2 N–H and O–H groups in total. The van der Waals surface area contributed by atoms with Crippen LogP contribution in [0.2, 0.25) is 0 Å². The first-order valence-corrected chi connectivity index (χ1v) is 7.15. The molecular weight excluding hydrogens is 332 g/mol. The lowest BCUT2D eigenvalue weighted by atomic mass is 10.2. The first-order chi connectivity index (χ1) is 10.1. The summed E-state index contributed by atoms with van der Waals surface area (Å²) in [7, 11) is 0.